The van der Waals surface area contributed by atoms with Gasteiger partial charge in [0.2, 0.25) is 11.8 Å². The smallest absolute Gasteiger partial charge is 0.262 e. The van der Waals surface area contributed by atoms with Gasteiger partial charge in [0.1, 0.15) is 35.0 Å². The first-order valence-electron chi connectivity index (χ1n) is 15.7. The summed E-state index contributed by atoms with van der Waals surface area (Å²) in [6, 6.07) is 20.7. The van der Waals surface area contributed by atoms with Gasteiger partial charge in [-0.1, -0.05) is 47.3 Å². The molecule has 5 heterocycles. The zero-order valence-electron chi connectivity index (χ0n) is 25.7. The lowest BCUT2D eigenvalue weighted by Gasteiger charge is -2.27. The Morgan fingerprint density at radius 3 is 2.58 bits per heavy atom. The summed E-state index contributed by atoms with van der Waals surface area (Å²) < 4.78 is 12.1. The molecule has 0 bridgehead atoms. The summed E-state index contributed by atoms with van der Waals surface area (Å²) in [7, 11) is 0.340. The molecule has 236 valence electrons. The van der Waals surface area contributed by atoms with Crippen molar-refractivity contribution in [3.8, 4) is 28.4 Å². The number of pyridine rings is 2. The van der Waals surface area contributed by atoms with Gasteiger partial charge in [0, 0.05) is 35.7 Å². The van der Waals surface area contributed by atoms with E-state index in [-0.39, 0.29) is 35.6 Å². The van der Waals surface area contributed by atoms with Gasteiger partial charge in [-0.25, -0.2) is 4.98 Å². The quantitative estimate of drug-likeness (QED) is 0.213. The van der Waals surface area contributed by atoms with Crippen molar-refractivity contribution in [1.82, 2.24) is 20.2 Å². The summed E-state index contributed by atoms with van der Waals surface area (Å²) in [4.78, 5) is 72.2. The summed E-state index contributed by atoms with van der Waals surface area (Å²) in [5.74, 6) is -0.106. The van der Waals surface area contributed by atoms with Crippen LogP contribution in [0.1, 0.15) is 46.0 Å². The molecule has 2 unspecified atom stereocenters. The van der Waals surface area contributed by atoms with Gasteiger partial charge in [0.15, 0.2) is 7.28 Å². The molecule has 11 nitrogen and oxygen atoms in total. The number of carbonyl (C=O) groups excluding carboxylic acids is 4. The molecule has 1 fully saturated rings. The number of imide groups is 2. The lowest BCUT2D eigenvalue weighted by molar-refractivity contribution is -0.136. The van der Waals surface area contributed by atoms with E-state index in [0.29, 0.717) is 46.4 Å². The third-order valence-electron chi connectivity index (χ3n) is 9.02. The van der Waals surface area contributed by atoms with E-state index in [4.69, 9.17) is 9.47 Å². The van der Waals surface area contributed by atoms with Gasteiger partial charge in [-0.2, -0.15) is 0 Å². The summed E-state index contributed by atoms with van der Waals surface area (Å²) >= 11 is 0. The van der Waals surface area contributed by atoms with Crippen molar-refractivity contribution < 1.29 is 28.7 Å². The highest BCUT2D eigenvalue weighted by Crippen LogP contribution is 2.35. The molecule has 0 saturated carbocycles. The third-order valence-corrected chi connectivity index (χ3v) is 9.02. The van der Waals surface area contributed by atoms with Gasteiger partial charge in [-0.3, -0.25) is 34.2 Å². The van der Waals surface area contributed by atoms with Crippen LogP contribution in [0.2, 0.25) is 0 Å². The average Bonchev–Trinajstić information content (AvgIpc) is 3.56. The monoisotopic (exact) mass is 638 g/mol. The number of amides is 4. The van der Waals surface area contributed by atoms with Gasteiger partial charge in [-0.05, 0) is 55.3 Å². The topological polar surface area (TPSA) is 148 Å². The maximum Gasteiger partial charge on any atom is 0.262 e. The third kappa shape index (κ3) is 5.02. The maximum atomic E-state index is 13.5. The number of hydrogen-bond donors (Lipinski definition) is 2. The van der Waals surface area contributed by atoms with Crippen LogP contribution in [0.5, 0.6) is 17.2 Å². The molecule has 48 heavy (non-hydrogen) atoms. The number of benzene rings is 3. The Balaban J connectivity index is 1.06. The van der Waals surface area contributed by atoms with Crippen LogP contribution < -0.4 is 31.3 Å². The molecule has 1 saturated heterocycles. The summed E-state index contributed by atoms with van der Waals surface area (Å²) in [6.45, 7) is 2.02. The summed E-state index contributed by atoms with van der Waals surface area (Å²) in [6.07, 6.45) is 2.65. The summed E-state index contributed by atoms with van der Waals surface area (Å²) in [5, 5.41) is 2.86. The van der Waals surface area contributed by atoms with Crippen molar-refractivity contribution in [2.24, 2.45) is 0 Å². The zero-order valence-corrected chi connectivity index (χ0v) is 25.7. The second-order valence-electron chi connectivity index (χ2n) is 12.2. The van der Waals surface area contributed by atoms with Crippen LogP contribution in [-0.2, 0) is 16.0 Å². The van der Waals surface area contributed by atoms with Crippen LogP contribution in [0.4, 0.5) is 0 Å². The van der Waals surface area contributed by atoms with Crippen LogP contribution in [0.15, 0.2) is 83.8 Å². The van der Waals surface area contributed by atoms with Crippen molar-refractivity contribution in [2.75, 3.05) is 0 Å². The van der Waals surface area contributed by atoms with Crippen molar-refractivity contribution in [3.63, 3.8) is 0 Å². The SMILES string of the molecule is CC1Cc2cc(Oc3ccnc4[nH]c(=O)c(-c5ccc(Bc6cccc7c6C(=O)N(C6CCC(=O)NC6=O)C7=O)cc5)cc34)ccc2O1. The standard InChI is InChI=1S/C36H27BN4O7/c1-18-15-20-16-22(9-11-28(20)47-18)48-29-13-14-38-32-25(29)17-24(33(43)40-32)19-5-7-21(8-6-19)37-26-4-2-3-23-31(26)36(46)41(35(23)45)27-10-12-30(42)39-34(27)44/h2-9,11,13-14,16-18,27,37H,10,12,15H2,1H3,(H,38,40,43)(H,39,42,44). The van der Waals surface area contributed by atoms with E-state index in [2.05, 4.69) is 15.3 Å². The van der Waals surface area contributed by atoms with Crippen LogP contribution in [0.3, 0.4) is 0 Å². The lowest BCUT2D eigenvalue weighted by atomic mass is 9.62. The van der Waals surface area contributed by atoms with Crippen molar-refractivity contribution in [1.29, 1.82) is 0 Å². The second-order valence-corrected chi connectivity index (χ2v) is 12.2. The molecule has 8 rings (SSSR count). The van der Waals surface area contributed by atoms with E-state index < -0.39 is 29.7 Å². The molecule has 2 atom stereocenters. The number of H-pyrrole nitrogens is 1. The van der Waals surface area contributed by atoms with Crippen molar-refractivity contribution in [3.05, 3.63) is 106 Å². The van der Waals surface area contributed by atoms with Gasteiger partial charge >= 0.3 is 0 Å². The second kappa shape index (κ2) is 11.3. The average molecular weight is 638 g/mol. The molecule has 3 aliphatic heterocycles. The van der Waals surface area contributed by atoms with Crippen LogP contribution in [0.25, 0.3) is 22.2 Å². The van der Waals surface area contributed by atoms with E-state index in [1.807, 2.05) is 49.4 Å². The van der Waals surface area contributed by atoms with Crippen LogP contribution >= 0.6 is 0 Å². The molecule has 0 aliphatic carbocycles. The highest BCUT2D eigenvalue weighted by atomic mass is 16.5. The Bertz CT molecular complexity index is 2270. The van der Waals surface area contributed by atoms with Gasteiger partial charge in [0.25, 0.3) is 17.4 Å². The largest absolute Gasteiger partial charge is 0.490 e. The minimum absolute atomic E-state index is 0.0533. The molecule has 12 heteroatoms. The molecule has 2 aromatic heterocycles. The van der Waals surface area contributed by atoms with E-state index in [1.165, 1.54) is 0 Å². The first-order valence-corrected chi connectivity index (χ1v) is 15.7. The Morgan fingerprint density at radius 2 is 1.77 bits per heavy atom. The van der Waals surface area contributed by atoms with E-state index in [1.54, 1.807) is 36.5 Å². The molecule has 0 spiro atoms. The number of fused-ring (bicyclic) bond motifs is 3. The fraction of sp³-hybridized carbons (Fsp3) is 0.167. The predicted octanol–water partition coefficient (Wildman–Crippen LogP) is 2.49. The van der Waals surface area contributed by atoms with E-state index >= 15 is 0 Å². The van der Waals surface area contributed by atoms with Gasteiger partial charge < -0.3 is 14.5 Å². The number of carbonyl (C=O) groups is 4. The number of aromatic amines is 1. The minimum atomic E-state index is -1.03. The highest BCUT2D eigenvalue weighted by molar-refractivity contribution is 6.69. The van der Waals surface area contributed by atoms with Crippen LogP contribution in [-0.4, -0.2) is 57.9 Å². The molecule has 3 aromatic carbocycles. The Labute approximate surface area is 274 Å². The number of nitrogens with one attached hydrogen (secondary N) is 2. The van der Waals surface area contributed by atoms with Gasteiger partial charge in [-0.15, -0.1) is 0 Å². The van der Waals surface area contributed by atoms with Gasteiger partial charge in [0.05, 0.1) is 10.9 Å². The summed E-state index contributed by atoms with van der Waals surface area (Å²) in [5.41, 5.74) is 4.26. The Morgan fingerprint density at radius 1 is 0.938 bits per heavy atom. The van der Waals surface area contributed by atoms with E-state index in [0.717, 1.165) is 28.1 Å². The number of ether oxygens (including phenoxy) is 2. The Kier molecular flexibility index (Phi) is 6.94. The number of nitrogens with zero attached hydrogens (tertiary/aromatic N) is 2. The maximum absolute atomic E-state index is 13.5. The molecule has 5 aromatic rings. The highest BCUT2D eigenvalue weighted by Gasteiger charge is 2.45. The molecule has 4 amide bonds. The predicted molar refractivity (Wildman–Crippen MR) is 178 cm³/mol. The number of piperidine rings is 1. The van der Waals surface area contributed by atoms with Crippen LogP contribution in [0, 0.1) is 0 Å². The number of aromatic nitrogens is 2. The van der Waals surface area contributed by atoms with E-state index in [9.17, 15) is 24.0 Å². The minimum Gasteiger partial charge on any atom is -0.490 e. The fourth-order valence-corrected chi connectivity index (χ4v) is 6.73. The molecule has 0 radical (unpaired) electrons. The zero-order chi connectivity index (χ0) is 33.1. The molecule has 3 aliphatic rings. The molecular weight excluding hydrogens is 611 g/mol. The lowest BCUT2D eigenvalue weighted by Crippen LogP contribution is -2.54. The first kappa shape index (κ1) is 29.4. The number of rotatable bonds is 6. The molecular formula is C36H27BN4O7. The normalized spacial score (nSPS) is 18.4. The molecule has 2 N–H and O–H groups in total. The van der Waals surface area contributed by atoms with Crippen molar-refractivity contribution in [2.45, 2.75) is 38.3 Å². The first-order chi connectivity index (χ1) is 23.2. The number of hydrogen-bond acceptors (Lipinski definition) is 8. The Hall–Kier alpha value is -6.04. The fourth-order valence-electron chi connectivity index (χ4n) is 6.73. The van der Waals surface area contributed by atoms with Crippen molar-refractivity contribution >= 4 is 52.9 Å².